The third-order valence-electron chi connectivity index (χ3n) is 3.39. The smallest absolute Gasteiger partial charge is 0.293 e. The fourth-order valence-electron chi connectivity index (χ4n) is 2.06. The van der Waals surface area contributed by atoms with Crippen molar-refractivity contribution in [3.8, 4) is 11.6 Å². The molecule has 0 aliphatic rings. The minimum absolute atomic E-state index is 0.0257. The van der Waals surface area contributed by atoms with Gasteiger partial charge >= 0.3 is 0 Å². The van der Waals surface area contributed by atoms with Crippen LogP contribution in [0.25, 0.3) is 5.82 Å². The van der Waals surface area contributed by atoms with Gasteiger partial charge in [-0.15, -0.1) is 5.10 Å². The number of benzene rings is 1. The normalized spacial score (nSPS) is 11.5. The van der Waals surface area contributed by atoms with E-state index in [2.05, 4.69) is 35.8 Å². The van der Waals surface area contributed by atoms with Crippen LogP contribution < -0.4 is 11.2 Å². The first-order valence-electron chi connectivity index (χ1n) is 7.12. The zero-order chi connectivity index (χ0) is 18.0. The molecule has 11 heteroatoms. The van der Waals surface area contributed by atoms with Crippen molar-refractivity contribution in [2.45, 2.75) is 13.8 Å². The van der Waals surface area contributed by atoms with E-state index in [1.54, 1.807) is 32.0 Å². The van der Waals surface area contributed by atoms with Crippen molar-refractivity contribution in [1.29, 1.82) is 0 Å². The molecule has 0 aliphatic heterocycles. The zero-order valence-electron chi connectivity index (χ0n) is 13.3. The van der Waals surface area contributed by atoms with Gasteiger partial charge in [0.25, 0.3) is 5.91 Å². The average Bonchev–Trinajstić information content (AvgIpc) is 3.17. The quantitative estimate of drug-likeness (QED) is 0.454. The molecule has 128 valence electrons. The first kappa shape index (κ1) is 16.1. The lowest BCUT2D eigenvalue weighted by molar-refractivity contribution is 0.0949. The highest BCUT2D eigenvalue weighted by atomic mass is 16.6. The molecular weight excluding hydrogens is 328 g/mol. The standard InChI is InChI=1S/C14H14N8O3/c1-7(9-4-3-5-10(23)6-9)16-18-14(24)11-8(2)22(21-17-11)13-12(15)19-25-20-13/h3-6,23H,1-2H3,(H2,15,19)(H,18,24). The number of aromatic nitrogens is 5. The summed E-state index contributed by atoms with van der Waals surface area (Å²) in [5.74, 6) is -0.282. The summed E-state index contributed by atoms with van der Waals surface area (Å²) < 4.78 is 5.75. The van der Waals surface area contributed by atoms with E-state index in [1.165, 1.54) is 10.7 Å². The molecule has 0 spiro atoms. The van der Waals surface area contributed by atoms with E-state index < -0.39 is 5.91 Å². The van der Waals surface area contributed by atoms with Gasteiger partial charge < -0.3 is 10.8 Å². The molecule has 0 radical (unpaired) electrons. The molecule has 3 aromatic rings. The molecule has 0 atom stereocenters. The number of hydrogen-bond acceptors (Lipinski definition) is 9. The molecule has 2 heterocycles. The molecule has 0 unspecified atom stereocenters. The van der Waals surface area contributed by atoms with Gasteiger partial charge in [0.2, 0.25) is 11.6 Å². The van der Waals surface area contributed by atoms with E-state index in [-0.39, 0.29) is 23.1 Å². The van der Waals surface area contributed by atoms with E-state index in [1.807, 2.05) is 0 Å². The summed E-state index contributed by atoms with van der Waals surface area (Å²) in [5, 5.41) is 28.2. The Hall–Kier alpha value is -3.76. The highest BCUT2D eigenvalue weighted by Gasteiger charge is 2.20. The summed E-state index contributed by atoms with van der Waals surface area (Å²) in [6, 6.07) is 6.51. The number of rotatable bonds is 4. The van der Waals surface area contributed by atoms with Gasteiger partial charge in [-0.25, -0.2) is 10.1 Å². The minimum atomic E-state index is -0.557. The average molecular weight is 342 g/mol. The number of carbonyl (C=O) groups excluding carboxylic acids is 1. The van der Waals surface area contributed by atoms with Crippen LogP contribution in [-0.4, -0.2) is 42.0 Å². The number of phenolic OH excluding ortho intramolecular Hbond substituents is 1. The number of hydrazone groups is 1. The maximum Gasteiger partial charge on any atom is 0.293 e. The first-order valence-corrected chi connectivity index (χ1v) is 7.12. The Balaban J connectivity index is 1.79. The number of carbonyl (C=O) groups is 1. The molecule has 1 aromatic carbocycles. The lowest BCUT2D eigenvalue weighted by atomic mass is 10.1. The Bertz CT molecular complexity index is 959. The van der Waals surface area contributed by atoms with Crippen LogP contribution in [0.1, 0.15) is 28.7 Å². The van der Waals surface area contributed by atoms with Gasteiger partial charge in [-0.2, -0.15) is 9.78 Å². The van der Waals surface area contributed by atoms with E-state index in [4.69, 9.17) is 5.73 Å². The van der Waals surface area contributed by atoms with E-state index in [0.29, 0.717) is 17.0 Å². The first-order chi connectivity index (χ1) is 12.0. The van der Waals surface area contributed by atoms with Gasteiger partial charge in [-0.05, 0) is 36.3 Å². The van der Waals surface area contributed by atoms with Crippen molar-refractivity contribution in [2.24, 2.45) is 5.10 Å². The molecule has 11 nitrogen and oxygen atoms in total. The number of nitrogens with two attached hydrogens (primary N) is 1. The van der Waals surface area contributed by atoms with Crippen LogP contribution in [-0.2, 0) is 0 Å². The molecule has 0 bridgehead atoms. The van der Waals surface area contributed by atoms with Gasteiger partial charge in [0.05, 0.1) is 11.4 Å². The topological polar surface area (TPSA) is 157 Å². The van der Waals surface area contributed by atoms with Crippen molar-refractivity contribution < 1.29 is 14.5 Å². The lowest BCUT2D eigenvalue weighted by Gasteiger charge is -2.03. The molecule has 0 aliphatic carbocycles. The number of anilines is 1. The minimum Gasteiger partial charge on any atom is -0.508 e. The van der Waals surface area contributed by atoms with E-state index in [0.717, 1.165) is 0 Å². The molecule has 1 amide bonds. The second-order valence-corrected chi connectivity index (χ2v) is 5.10. The highest BCUT2D eigenvalue weighted by Crippen LogP contribution is 2.15. The predicted molar refractivity (Wildman–Crippen MR) is 86.1 cm³/mol. The summed E-state index contributed by atoms with van der Waals surface area (Å²) in [5.41, 5.74) is 9.62. The number of amides is 1. The predicted octanol–water partition coefficient (Wildman–Crippen LogP) is 0.401. The maximum absolute atomic E-state index is 12.3. The summed E-state index contributed by atoms with van der Waals surface area (Å²) in [4.78, 5) is 12.3. The summed E-state index contributed by atoms with van der Waals surface area (Å²) >= 11 is 0. The number of nitrogen functional groups attached to an aromatic ring is 1. The van der Waals surface area contributed by atoms with Crippen molar-refractivity contribution in [3.05, 3.63) is 41.2 Å². The van der Waals surface area contributed by atoms with Crippen LogP contribution in [0.15, 0.2) is 34.0 Å². The molecule has 0 saturated carbocycles. The van der Waals surface area contributed by atoms with Crippen molar-refractivity contribution in [2.75, 3.05) is 5.73 Å². The van der Waals surface area contributed by atoms with Crippen LogP contribution in [0.4, 0.5) is 5.82 Å². The van der Waals surface area contributed by atoms with Crippen LogP contribution >= 0.6 is 0 Å². The second kappa shape index (κ2) is 6.39. The van der Waals surface area contributed by atoms with Crippen molar-refractivity contribution in [3.63, 3.8) is 0 Å². The number of nitrogens with zero attached hydrogens (tertiary/aromatic N) is 6. The monoisotopic (exact) mass is 342 g/mol. The number of nitrogens with one attached hydrogen (secondary N) is 1. The Morgan fingerprint density at radius 2 is 2.20 bits per heavy atom. The Kier molecular flexibility index (Phi) is 4.12. The largest absolute Gasteiger partial charge is 0.508 e. The fourth-order valence-corrected chi connectivity index (χ4v) is 2.06. The molecule has 2 aromatic heterocycles. The van der Waals surface area contributed by atoms with Crippen LogP contribution in [0.5, 0.6) is 5.75 Å². The molecule has 25 heavy (non-hydrogen) atoms. The highest BCUT2D eigenvalue weighted by molar-refractivity contribution is 6.00. The van der Waals surface area contributed by atoms with Gasteiger partial charge in [-0.3, -0.25) is 4.79 Å². The molecule has 4 N–H and O–H groups in total. The van der Waals surface area contributed by atoms with E-state index in [9.17, 15) is 9.90 Å². The van der Waals surface area contributed by atoms with Gasteiger partial charge in [0, 0.05) is 5.56 Å². The second-order valence-electron chi connectivity index (χ2n) is 5.10. The SMILES string of the molecule is CC(=NNC(=O)c1nnn(-c2nonc2N)c1C)c1cccc(O)c1. The van der Waals surface area contributed by atoms with Crippen LogP contribution in [0, 0.1) is 6.92 Å². The third-order valence-corrected chi connectivity index (χ3v) is 3.39. The molecule has 0 fully saturated rings. The fraction of sp³-hybridized carbons (Fsp3) is 0.143. The van der Waals surface area contributed by atoms with E-state index >= 15 is 0 Å². The van der Waals surface area contributed by atoms with Gasteiger partial charge in [0.15, 0.2) is 5.69 Å². The Morgan fingerprint density at radius 1 is 1.40 bits per heavy atom. The van der Waals surface area contributed by atoms with Crippen molar-refractivity contribution in [1.82, 2.24) is 30.7 Å². The lowest BCUT2D eigenvalue weighted by Crippen LogP contribution is -2.21. The molecule has 0 saturated heterocycles. The third kappa shape index (κ3) is 3.15. The summed E-state index contributed by atoms with van der Waals surface area (Å²) in [7, 11) is 0. The maximum atomic E-state index is 12.3. The number of phenols is 1. The van der Waals surface area contributed by atoms with Crippen molar-refractivity contribution >= 4 is 17.4 Å². The van der Waals surface area contributed by atoms with Crippen LogP contribution in [0.2, 0.25) is 0 Å². The molecule has 3 rings (SSSR count). The summed E-state index contributed by atoms with van der Waals surface area (Å²) in [6.45, 7) is 3.31. The Morgan fingerprint density at radius 3 is 2.88 bits per heavy atom. The van der Waals surface area contributed by atoms with Gasteiger partial charge in [0.1, 0.15) is 5.75 Å². The number of aromatic hydroxyl groups is 1. The molecular formula is C14H14N8O3. The van der Waals surface area contributed by atoms with Crippen LogP contribution in [0.3, 0.4) is 0 Å². The Labute approximate surface area is 141 Å². The number of hydrogen-bond donors (Lipinski definition) is 3. The zero-order valence-corrected chi connectivity index (χ0v) is 13.3. The summed E-state index contributed by atoms with van der Waals surface area (Å²) in [6.07, 6.45) is 0. The van der Waals surface area contributed by atoms with Gasteiger partial charge in [-0.1, -0.05) is 17.3 Å².